The van der Waals surface area contributed by atoms with E-state index in [9.17, 15) is 4.79 Å². The molecule has 2 aliphatic rings. The molecule has 2 heterocycles. The van der Waals surface area contributed by atoms with Crippen LogP contribution in [0.1, 0.15) is 57.1 Å². The van der Waals surface area contributed by atoms with Crippen LogP contribution in [0.25, 0.3) is 0 Å². The second-order valence-corrected chi connectivity index (χ2v) is 6.18. The molecule has 6 nitrogen and oxygen atoms in total. The van der Waals surface area contributed by atoms with E-state index in [0.717, 1.165) is 31.2 Å². The predicted octanol–water partition coefficient (Wildman–Crippen LogP) is 2.14. The summed E-state index contributed by atoms with van der Waals surface area (Å²) in [6.07, 6.45) is 7.47. The number of nitrogens with zero attached hydrogens (tertiary/aromatic N) is 2. The van der Waals surface area contributed by atoms with Crippen LogP contribution in [0.4, 0.5) is 0 Å². The number of aromatic nitrogens is 2. The van der Waals surface area contributed by atoms with E-state index in [0.29, 0.717) is 12.6 Å². The Hall–Kier alpha value is -1.40. The molecule has 0 aromatic carbocycles. The van der Waals surface area contributed by atoms with Crippen molar-refractivity contribution >= 4 is 5.91 Å². The number of amides is 1. The lowest BCUT2D eigenvalue weighted by Crippen LogP contribution is -2.34. The van der Waals surface area contributed by atoms with Gasteiger partial charge in [-0.15, -0.1) is 0 Å². The number of nitrogens with one attached hydrogen (secondary N) is 1. The lowest BCUT2D eigenvalue weighted by molar-refractivity contribution is -0.201. The quantitative estimate of drug-likeness (QED) is 0.845. The van der Waals surface area contributed by atoms with Gasteiger partial charge in [0.15, 0.2) is 6.29 Å². The molecule has 1 aromatic heterocycles. The summed E-state index contributed by atoms with van der Waals surface area (Å²) in [4.78, 5) is 17.4. The standard InChI is InChI=1S/C15H23N3O3/c1-10(2)18-9-11(8-16-18)12-7-13(12)15(19)17-21-14-5-3-4-6-20-14/h8-10,12-14H,3-7H2,1-2H3,(H,17,19). The van der Waals surface area contributed by atoms with Gasteiger partial charge < -0.3 is 4.74 Å². The molecule has 0 radical (unpaired) electrons. The number of carbonyl (C=O) groups excluding carboxylic acids is 1. The Morgan fingerprint density at radius 3 is 3.05 bits per heavy atom. The molecule has 116 valence electrons. The Balaban J connectivity index is 1.46. The van der Waals surface area contributed by atoms with Gasteiger partial charge in [0.1, 0.15) is 0 Å². The highest BCUT2D eigenvalue weighted by atomic mass is 16.8. The van der Waals surface area contributed by atoms with Gasteiger partial charge in [0.25, 0.3) is 0 Å². The first-order valence-corrected chi connectivity index (χ1v) is 7.76. The lowest BCUT2D eigenvalue weighted by atomic mass is 10.2. The van der Waals surface area contributed by atoms with Crippen LogP contribution in [0.2, 0.25) is 0 Å². The van der Waals surface area contributed by atoms with Crippen molar-refractivity contribution in [3.05, 3.63) is 18.0 Å². The minimum Gasteiger partial charge on any atom is -0.350 e. The van der Waals surface area contributed by atoms with Gasteiger partial charge in [-0.1, -0.05) is 0 Å². The van der Waals surface area contributed by atoms with Crippen LogP contribution in [0, 0.1) is 5.92 Å². The highest BCUT2D eigenvalue weighted by Crippen LogP contribution is 2.47. The van der Waals surface area contributed by atoms with Gasteiger partial charge in [0.05, 0.1) is 6.20 Å². The third-order valence-electron chi connectivity index (χ3n) is 4.13. The zero-order chi connectivity index (χ0) is 14.8. The highest BCUT2D eigenvalue weighted by Gasteiger charge is 2.45. The topological polar surface area (TPSA) is 65.4 Å². The van der Waals surface area contributed by atoms with Crippen LogP contribution in [0.5, 0.6) is 0 Å². The van der Waals surface area contributed by atoms with Crippen molar-refractivity contribution in [2.45, 2.75) is 57.8 Å². The number of hydrogen-bond donors (Lipinski definition) is 1. The van der Waals surface area contributed by atoms with E-state index in [1.807, 2.05) is 17.1 Å². The van der Waals surface area contributed by atoms with E-state index in [-0.39, 0.29) is 24.0 Å². The van der Waals surface area contributed by atoms with E-state index >= 15 is 0 Å². The molecule has 3 rings (SSSR count). The molecule has 0 spiro atoms. The average Bonchev–Trinajstić information content (AvgIpc) is 3.14. The SMILES string of the molecule is CC(C)n1cc(C2CC2C(=O)NOC2CCCCO2)cn1. The van der Waals surface area contributed by atoms with Crippen molar-refractivity contribution in [2.24, 2.45) is 5.92 Å². The largest absolute Gasteiger partial charge is 0.350 e. The van der Waals surface area contributed by atoms with Crippen LogP contribution in [-0.4, -0.2) is 28.6 Å². The minimum atomic E-state index is -0.288. The number of hydrogen-bond acceptors (Lipinski definition) is 4. The first kappa shape index (κ1) is 14.5. The van der Waals surface area contributed by atoms with Crippen LogP contribution >= 0.6 is 0 Å². The molecule has 1 aliphatic heterocycles. The fraction of sp³-hybridized carbons (Fsp3) is 0.733. The molecule has 1 amide bonds. The molecule has 3 atom stereocenters. The normalized spacial score (nSPS) is 28.6. The molecule has 3 unspecified atom stereocenters. The Kier molecular flexibility index (Phi) is 4.26. The predicted molar refractivity (Wildman–Crippen MR) is 76.3 cm³/mol. The van der Waals surface area contributed by atoms with Gasteiger partial charge in [-0.2, -0.15) is 5.10 Å². The zero-order valence-electron chi connectivity index (χ0n) is 12.6. The zero-order valence-corrected chi connectivity index (χ0v) is 12.6. The molecule has 2 fully saturated rings. The summed E-state index contributed by atoms with van der Waals surface area (Å²) in [6.45, 7) is 4.89. The van der Waals surface area contributed by atoms with E-state index in [1.54, 1.807) is 0 Å². The lowest BCUT2D eigenvalue weighted by Gasteiger charge is -2.22. The monoisotopic (exact) mass is 293 g/mol. The summed E-state index contributed by atoms with van der Waals surface area (Å²) >= 11 is 0. The fourth-order valence-corrected chi connectivity index (χ4v) is 2.68. The summed E-state index contributed by atoms with van der Waals surface area (Å²) in [5.74, 6) is 0.221. The second-order valence-electron chi connectivity index (χ2n) is 6.18. The van der Waals surface area contributed by atoms with Gasteiger partial charge in [-0.3, -0.25) is 9.48 Å². The van der Waals surface area contributed by atoms with Gasteiger partial charge in [0, 0.05) is 31.2 Å². The van der Waals surface area contributed by atoms with Crippen LogP contribution in [0.3, 0.4) is 0 Å². The molecule has 1 aromatic rings. The van der Waals surface area contributed by atoms with Crippen molar-refractivity contribution in [3.8, 4) is 0 Å². The van der Waals surface area contributed by atoms with Crippen LogP contribution in [0.15, 0.2) is 12.4 Å². The van der Waals surface area contributed by atoms with Crippen molar-refractivity contribution in [1.82, 2.24) is 15.3 Å². The van der Waals surface area contributed by atoms with Crippen molar-refractivity contribution in [3.63, 3.8) is 0 Å². The molecule has 1 saturated carbocycles. The van der Waals surface area contributed by atoms with Crippen molar-refractivity contribution < 1.29 is 14.4 Å². The molecule has 6 heteroatoms. The Morgan fingerprint density at radius 1 is 1.52 bits per heavy atom. The fourth-order valence-electron chi connectivity index (χ4n) is 2.68. The summed E-state index contributed by atoms with van der Waals surface area (Å²) in [6, 6.07) is 0.344. The minimum absolute atomic E-state index is 0.00148. The molecule has 1 saturated heterocycles. The Labute approximate surface area is 124 Å². The summed E-state index contributed by atoms with van der Waals surface area (Å²) < 4.78 is 7.34. The Morgan fingerprint density at radius 2 is 2.38 bits per heavy atom. The van der Waals surface area contributed by atoms with E-state index < -0.39 is 0 Å². The average molecular weight is 293 g/mol. The Bertz CT molecular complexity index is 494. The smallest absolute Gasteiger partial charge is 0.247 e. The van der Waals surface area contributed by atoms with Crippen LogP contribution < -0.4 is 5.48 Å². The molecule has 1 aliphatic carbocycles. The summed E-state index contributed by atoms with van der Waals surface area (Å²) in [5.41, 5.74) is 3.69. The summed E-state index contributed by atoms with van der Waals surface area (Å²) in [7, 11) is 0. The molecular weight excluding hydrogens is 270 g/mol. The summed E-state index contributed by atoms with van der Waals surface area (Å²) in [5, 5.41) is 4.32. The second kappa shape index (κ2) is 6.15. The molecule has 21 heavy (non-hydrogen) atoms. The first-order valence-electron chi connectivity index (χ1n) is 7.76. The van der Waals surface area contributed by atoms with Gasteiger partial charge in [-0.05, 0) is 44.6 Å². The number of carbonyl (C=O) groups is 1. The highest BCUT2D eigenvalue weighted by molar-refractivity contribution is 5.81. The molecule has 0 bridgehead atoms. The third kappa shape index (κ3) is 3.44. The number of rotatable bonds is 5. The van der Waals surface area contributed by atoms with Crippen molar-refractivity contribution in [2.75, 3.05) is 6.61 Å². The maximum Gasteiger partial charge on any atom is 0.247 e. The number of ether oxygens (including phenoxy) is 1. The first-order chi connectivity index (χ1) is 10.1. The molecular formula is C15H23N3O3. The van der Waals surface area contributed by atoms with E-state index in [1.165, 1.54) is 0 Å². The van der Waals surface area contributed by atoms with Gasteiger partial charge >= 0.3 is 0 Å². The van der Waals surface area contributed by atoms with Gasteiger partial charge in [-0.25, -0.2) is 10.3 Å². The van der Waals surface area contributed by atoms with E-state index in [4.69, 9.17) is 9.57 Å². The van der Waals surface area contributed by atoms with E-state index in [2.05, 4.69) is 24.4 Å². The third-order valence-corrected chi connectivity index (χ3v) is 4.13. The van der Waals surface area contributed by atoms with Crippen molar-refractivity contribution in [1.29, 1.82) is 0 Å². The van der Waals surface area contributed by atoms with Gasteiger partial charge in [0.2, 0.25) is 5.91 Å². The number of hydroxylamine groups is 1. The maximum atomic E-state index is 12.1. The molecule has 1 N–H and O–H groups in total. The van der Waals surface area contributed by atoms with Crippen LogP contribution in [-0.2, 0) is 14.4 Å². The maximum absolute atomic E-state index is 12.1.